The Bertz CT molecular complexity index is 740. The SMILES string of the molecule is Cc1n[nH]cc1-c1ccc2c(=O)[nH]ccc2c1. The molecule has 84 valence electrons. The highest BCUT2D eigenvalue weighted by molar-refractivity contribution is 5.86. The number of nitrogens with zero attached hydrogens (tertiary/aromatic N) is 1. The number of fused-ring (bicyclic) bond motifs is 1. The van der Waals surface area contributed by atoms with Gasteiger partial charge in [0.05, 0.1) is 5.69 Å². The van der Waals surface area contributed by atoms with Gasteiger partial charge in [0.2, 0.25) is 0 Å². The van der Waals surface area contributed by atoms with E-state index in [0.717, 1.165) is 22.2 Å². The number of hydrogen-bond donors (Lipinski definition) is 2. The van der Waals surface area contributed by atoms with E-state index in [-0.39, 0.29) is 5.56 Å². The first-order valence-corrected chi connectivity index (χ1v) is 5.38. The van der Waals surface area contributed by atoms with Crippen LogP contribution in [0.3, 0.4) is 0 Å². The van der Waals surface area contributed by atoms with Crippen LogP contribution in [-0.2, 0) is 0 Å². The number of benzene rings is 1. The molecule has 0 atom stereocenters. The van der Waals surface area contributed by atoms with E-state index in [9.17, 15) is 4.79 Å². The minimum absolute atomic E-state index is 0.0574. The molecule has 0 bridgehead atoms. The van der Waals surface area contributed by atoms with Gasteiger partial charge >= 0.3 is 0 Å². The van der Waals surface area contributed by atoms with E-state index in [1.165, 1.54) is 0 Å². The van der Waals surface area contributed by atoms with Gasteiger partial charge in [-0.2, -0.15) is 5.10 Å². The third-order valence-corrected chi connectivity index (χ3v) is 2.92. The molecule has 4 heteroatoms. The first-order valence-electron chi connectivity index (χ1n) is 5.38. The smallest absolute Gasteiger partial charge is 0.255 e. The van der Waals surface area contributed by atoms with E-state index in [1.807, 2.05) is 37.4 Å². The lowest BCUT2D eigenvalue weighted by molar-refractivity contribution is 1.05. The molecule has 0 aliphatic rings. The van der Waals surface area contributed by atoms with Crippen molar-refractivity contribution in [1.29, 1.82) is 0 Å². The second-order valence-corrected chi connectivity index (χ2v) is 3.99. The molecule has 3 aromatic rings. The number of pyridine rings is 1. The van der Waals surface area contributed by atoms with Crippen molar-refractivity contribution in [3.8, 4) is 11.1 Å². The van der Waals surface area contributed by atoms with Crippen molar-refractivity contribution in [2.45, 2.75) is 6.92 Å². The lowest BCUT2D eigenvalue weighted by atomic mass is 10.0. The molecule has 0 spiro atoms. The average molecular weight is 225 g/mol. The molecule has 0 saturated carbocycles. The number of rotatable bonds is 1. The van der Waals surface area contributed by atoms with Crippen molar-refractivity contribution in [3.63, 3.8) is 0 Å². The van der Waals surface area contributed by atoms with Crippen LogP contribution in [0.15, 0.2) is 41.5 Å². The fourth-order valence-electron chi connectivity index (χ4n) is 2.01. The van der Waals surface area contributed by atoms with Crippen LogP contribution in [0.4, 0.5) is 0 Å². The Kier molecular flexibility index (Phi) is 2.08. The van der Waals surface area contributed by atoms with Gasteiger partial charge in [0.25, 0.3) is 5.56 Å². The fourth-order valence-corrected chi connectivity index (χ4v) is 2.01. The van der Waals surface area contributed by atoms with Crippen LogP contribution in [0.1, 0.15) is 5.69 Å². The number of nitrogens with one attached hydrogen (secondary N) is 2. The van der Waals surface area contributed by atoms with E-state index in [0.29, 0.717) is 5.39 Å². The summed E-state index contributed by atoms with van der Waals surface area (Å²) in [6.45, 7) is 1.95. The lowest BCUT2D eigenvalue weighted by Crippen LogP contribution is -2.03. The normalized spacial score (nSPS) is 10.9. The van der Waals surface area contributed by atoms with Crippen LogP contribution in [0.5, 0.6) is 0 Å². The molecule has 2 heterocycles. The Morgan fingerprint density at radius 1 is 1.24 bits per heavy atom. The highest BCUT2D eigenvalue weighted by atomic mass is 16.1. The van der Waals surface area contributed by atoms with Crippen LogP contribution < -0.4 is 5.56 Å². The third-order valence-electron chi connectivity index (χ3n) is 2.92. The standard InChI is InChI=1S/C13H11N3O/c1-8-12(7-15-16-8)9-2-3-11-10(6-9)4-5-14-13(11)17/h2-7H,1H3,(H,14,17)(H,15,16). The van der Waals surface area contributed by atoms with Gasteiger partial charge in [-0.25, -0.2) is 0 Å². The average Bonchev–Trinajstić information content (AvgIpc) is 2.75. The van der Waals surface area contributed by atoms with Crippen LogP contribution in [0.2, 0.25) is 0 Å². The van der Waals surface area contributed by atoms with Crippen molar-refractivity contribution in [2.75, 3.05) is 0 Å². The predicted octanol–water partition coefficient (Wildman–Crippen LogP) is 2.23. The van der Waals surface area contributed by atoms with E-state index in [4.69, 9.17) is 0 Å². The molecule has 0 aliphatic carbocycles. The van der Waals surface area contributed by atoms with E-state index in [2.05, 4.69) is 15.2 Å². The minimum atomic E-state index is -0.0574. The molecule has 0 fully saturated rings. The molecular formula is C13H11N3O. The molecule has 17 heavy (non-hydrogen) atoms. The summed E-state index contributed by atoms with van der Waals surface area (Å²) in [7, 11) is 0. The van der Waals surface area contributed by atoms with Crippen molar-refractivity contribution >= 4 is 10.8 Å². The molecule has 2 aromatic heterocycles. The molecule has 0 saturated heterocycles. The second kappa shape index (κ2) is 3.59. The zero-order chi connectivity index (χ0) is 11.8. The Morgan fingerprint density at radius 2 is 2.12 bits per heavy atom. The lowest BCUT2D eigenvalue weighted by Gasteiger charge is -2.01. The molecule has 0 unspecified atom stereocenters. The topological polar surface area (TPSA) is 61.5 Å². The van der Waals surface area contributed by atoms with Gasteiger partial charge in [-0.15, -0.1) is 0 Å². The van der Waals surface area contributed by atoms with Crippen LogP contribution in [0, 0.1) is 6.92 Å². The summed E-state index contributed by atoms with van der Waals surface area (Å²) in [5.74, 6) is 0. The predicted molar refractivity (Wildman–Crippen MR) is 66.9 cm³/mol. The largest absolute Gasteiger partial charge is 0.329 e. The Balaban J connectivity index is 2.28. The number of H-pyrrole nitrogens is 2. The number of aromatic amines is 2. The fraction of sp³-hybridized carbons (Fsp3) is 0.0769. The molecule has 0 amide bonds. The van der Waals surface area contributed by atoms with Gasteiger partial charge < -0.3 is 4.98 Å². The first-order chi connectivity index (χ1) is 8.25. The number of aryl methyl sites for hydroxylation is 1. The van der Waals surface area contributed by atoms with Gasteiger partial charge in [0.15, 0.2) is 0 Å². The van der Waals surface area contributed by atoms with Gasteiger partial charge in [-0.05, 0) is 36.1 Å². The third kappa shape index (κ3) is 1.54. The highest BCUT2D eigenvalue weighted by Crippen LogP contribution is 2.24. The quantitative estimate of drug-likeness (QED) is 0.667. The summed E-state index contributed by atoms with van der Waals surface area (Å²) >= 11 is 0. The summed E-state index contributed by atoms with van der Waals surface area (Å²) in [6.07, 6.45) is 3.53. The highest BCUT2D eigenvalue weighted by Gasteiger charge is 2.05. The molecular weight excluding hydrogens is 214 g/mol. The van der Waals surface area contributed by atoms with E-state index in [1.54, 1.807) is 6.20 Å². The van der Waals surface area contributed by atoms with Gasteiger partial charge in [0.1, 0.15) is 0 Å². The summed E-state index contributed by atoms with van der Waals surface area (Å²) in [4.78, 5) is 14.2. The Hall–Kier alpha value is -2.36. The van der Waals surface area contributed by atoms with Gasteiger partial charge in [0, 0.05) is 23.3 Å². The van der Waals surface area contributed by atoms with Gasteiger partial charge in [-0.3, -0.25) is 9.89 Å². The van der Waals surface area contributed by atoms with Crippen LogP contribution in [-0.4, -0.2) is 15.2 Å². The van der Waals surface area contributed by atoms with Crippen molar-refractivity contribution in [2.24, 2.45) is 0 Å². The summed E-state index contributed by atoms with van der Waals surface area (Å²) in [5.41, 5.74) is 3.02. The molecule has 0 aliphatic heterocycles. The Labute approximate surface area is 97.3 Å². The molecule has 2 N–H and O–H groups in total. The van der Waals surface area contributed by atoms with Crippen molar-refractivity contribution in [1.82, 2.24) is 15.2 Å². The summed E-state index contributed by atoms with van der Waals surface area (Å²) in [6, 6.07) is 7.68. The molecule has 3 rings (SSSR count). The zero-order valence-corrected chi connectivity index (χ0v) is 9.32. The van der Waals surface area contributed by atoms with Gasteiger partial charge in [-0.1, -0.05) is 6.07 Å². The van der Waals surface area contributed by atoms with E-state index < -0.39 is 0 Å². The Morgan fingerprint density at radius 3 is 2.88 bits per heavy atom. The number of aromatic nitrogens is 3. The summed E-state index contributed by atoms with van der Waals surface area (Å²) < 4.78 is 0. The maximum absolute atomic E-state index is 11.6. The zero-order valence-electron chi connectivity index (χ0n) is 9.32. The minimum Gasteiger partial charge on any atom is -0.329 e. The molecule has 1 aromatic carbocycles. The van der Waals surface area contributed by atoms with Crippen molar-refractivity contribution < 1.29 is 0 Å². The monoisotopic (exact) mass is 225 g/mol. The summed E-state index contributed by atoms with van der Waals surface area (Å²) in [5, 5.41) is 8.58. The maximum atomic E-state index is 11.6. The van der Waals surface area contributed by atoms with E-state index >= 15 is 0 Å². The van der Waals surface area contributed by atoms with Crippen molar-refractivity contribution in [3.05, 3.63) is 52.7 Å². The van der Waals surface area contributed by atoms with Crippen LogP contribution in [0.25, 0.3) is 21.9 Å². The maximum Gasteiger partial charge on any atom is 0.255 e. The second-order valence-electron chi connectivity index (χ2n) is 3.99. The molecule has 4 nitrogen and oxygen atoms in total. The van der Waals surface area contributed by atoms with Crippen LogP contribution >= 0.6 is 0 Å². The number of hydrogen-bond acceptors (Lipinski definition) is 2. The first kappa shape index (κ1) is 9.84. The molecule has 0 radical (unpaired) electrons.